The molecule has 1 fully saturated rings. The van der Waals surface area contributed by atoms with E-state index in [1.54, 1.807) is 15.9 Å². The van der Waals surface area contributed by atoms with Gasteiger partial charge in [0.15, 0.2) is 0 Å². The van der Waals surface area contributed by atoms with Gasteiger partial charge in [-0.3, -0.25) is 9.59 Å². The maximum Gasteiger partial charge on any atom is 0.416 e. The molecule has 0 spiro atoms. The first-order valence-electron chi connectivity index (χ1n) is 8.78. The van der Waals surface area contributed by atoms with E-state index in [4.69, 9.17) is 0 Å². The quantitative estimate of drug-likeness (QED) is 0.838. The summed E-state index contributed by atoms with van der Waals surface area (Å²) < 4.78 is 38.2. The molecule has 1 N–H and O–H groups in total. The van der Waals surface area contributed by atoms with Crippen molar-refractivity contribution >= 4 is 28.8 Å². The Labute approximate surface area is 164 Å². The Morgan fingerprint density at radius 3 is 2.36 bits per heavy atom. The van der Waals surface area contributed by atoms with Gasteiger partial charge in [0.05, 0.1) is 17.0 Å². The van der Waals surface area contributed by atoms with E-state index in [2.05, 4.69) is 5.32 Å². The molecule has 5 nitrogen and oxygen atoms in total. The minimum atomic E-state index is -4.42. The van der Waals surface area contributed by atoms with Crippen LogP contribution in [0.2, 0.25) is 0 Å². The first-order valence-corrected chi connectivity index (χ1v) is 9.60. The van der Waals surface area contributed by atoms with Crippen molar-refractivity contribution in [3.8, 4) is 0 Å². The minimum absolute atomic E-state index is 0.0349. The van der Waals surface area contributed by atoms with Crippen LogP contribution in [0.1, 0.15) is 20.1 Å². The molecule has 0 saturated carbocycles. The molecule has 150 valence electrons. The SMILES string of the molecule is Cc1ccc(C(=O)N2CCN(C(=O)CNc3cccc(C(F)(F)F)c3)CC2)s1. The number of nitrogens with zero attached hydrogens (tertiary/aromatic N) is 2. The highest BCUT2D eigenvalue weighted by atomic mass is 32.1. The summed E-state index contributed by atoms with van der Waals surface area (Å²) in [6.07, 6.45) is -4.42. The predicted molar refractivity (Wildman–Crippen MR) is 101 cm³/mol. The molecule has 2 amide bonds. The highest BCUT2D eigenvalue weighted by molar-refractivity contribution is 7.13. The van der Waals surface area contributed by atoms with Crippen molar-refractivity contribution in [1.82, 2.24) is 9.80 Å². The fourth-order valence-corrected chi connectivity index (χ4v) is 3.79. The maximum absolute atomic E-state index is 12.7. The van der Waals surface area contributed by atoms with Gasteiger partial charge in [-0.2, -0.15) is 13.2 Å². The van der Waals surface area contributed by atoms with Gasteiger partial charge in [0.2, 0.25) is 5.91 Å². The van der Waals surface area contributed by atoms with Crippen molar-refractivity contribution in [2.24, 2.45) is 0 Å². The largest absolute Gasteiger partial charge is 0.416 e. The smallest absolute Gasteiger partial charge is 0.376 e. The Morgan fingerprint density at radius 1 is 1.07 bits per heavy atom. The molecule has 0 bridgehead atoms. The lowest BCUT2D eigenvalue weighted by Gasteiger charge is -2.34. The Morgan fingerprint density at radius 2 is 1.75 bits per heavy atom. The van der Waals surface area contributed by atoms with Crippen LogP contribution in [0.4, 0.5) is 18.9 Å². The molecule has 1 aliphatic heterocycles. The molecule has 0 atom stereocenters. The normalized spacial score (nSPS) is 14.9. The molecule has 1 aromatic heterocycles. The second kappa shape index (κ2) is 8.22. The minimum Gasteiger partial charge on any atom is -0.376 e. The van der Waals surface area contributed by atoms with E-state index in [1.807, 2.05) is 13.0 Å². The molecule has 9 heteroatoms. The lowest BCUT2D eigenvalue weighted by Crippen LogP contribution is -2.51. The fraction of sp³-hybridized carbons (Fsp3) is 0.368. The zero-order valence-corrected chi connectivity index (χ0v) is 16.1. The lowest BCUT2D eigenvalue weighted by molar-refractivity contribution is -0.137. The summed E-state index contributed by atoms with van der Waals surface area (Å²) in [4.78, 5) is 29.9. The molecule has 28 heavy (non-hydrogen) atoms. The number of benzene rings is 1. The summed E-state index contributed by atoms with van der Waals surface area (Å²) in [5.41, 5.74) is -0.522. The number of halogens is 3. The number of aryl methyl sites for hydroxylation is 1. The number of anilines is 1. The summed E-state index contributed by atoms with van der Waals surface area (Å²) in [7, 11) is 0. The molecule has 2 aromatic rings. The van der Waals surface area contributed by atoms with Crippen LogP contribution in [0.5, 0.6) is 0 Å². The molecular weight excluding hydrogens is 391 g/mol. The van der Waals surface area contributed by atoms with E-state index in [9.17, 15) is 22.8 Å². The summed E-state index contributed by atoms with van der Waals surface area (Å²) >= 11 is 1.44. The number of carbonyl (C=O) groups excluding carboxylic acids is 2. The van der Waals surface area contributed by atoms with E-state index >= 15 is 0 Å². The Bertz CT molecular complexity index is 858. The van der Waals surface area contributed by atoms with Gasteiger partial charge in [0.1, 0.15) is 0 Å². The van der Waals surface area contributed by atoms with Crippen LogP contribution in [0, 0.1) is 6.92 Å². The Hall–Kier alpha value is -2.55. The zero-order valence-electron chi connectivity index (χ0n) is 15.3. The van der Waals surface area contributed by atoms with Crippen LogP contribution in [0.15, 0.2) is 36.4 Å². The molecule has 0 unspecified atom stereocenters. The van der Waals surface area contributed by atoms with Crippen LogP contribution in [0.25, 0.3) is 0 Å². The number of rotatable bonds is 4. The third-order valence-corrected chi connectivity index (χ3v) is 5.49. The first kappa shape index (κ1) is 20.2. The van der Waals surface area contributed by atoms with Gasteiger partial charge in [-0.25, -0.2) is 0 Å². The third kappa shape index (κ3) is 4.83. The number of hydrogen-bond acceptors (Lipinski definition) is 4. The first-order chi connectivity index (χ1) is 13.2. The van der Waals surface area contributed by atoms with E-state index in [0.29, 0.717) is 31.1 Å². The summed E-state index contributed by atoms with van der Waals surface area (Å²) in [5.74, 6) is -0.247. The number of alkyl halides is 3. The number of hydrogen-bond donors (Lipinski definition) is 1. The zero-order chi connectivity index (χ0) is 20.3. The van der Waals surface area contributed by atoms with Gasteiger partial charge in [-0.1, -0.05) is 6.07 Å². The van der Waals surface area contributed by atoms with E-state index < -0.39 is 11.7 Å². The van der Waals surface area contributed by atoms with Gasteiger partial charge in [0.25, 0.3) is 5.91 Å². The standard InChI is InChI=1S/C19H20F3N3O2S/c1-13-5-6-16(28-13)18(27)25-9-7-24(8-10-25)17(26)12-23-15-4-2-3-14(11-15)19(20,21)22/h2-6,11,23H,7-10,12H2,1H3. The van der Waals surface area contributed by atoms with Crippen LogP contribution in [0.3, 0.4) is 0 Å². The second-order valence-electron chi connectivity index (χ2n) is 6.52. The van der Waals surface area contributed by atoms with Gasteiger partial charge in [-0.15, -0.1) is 11.3 Å². The second-order valence-corrected chi connectivity index (χ2v) is 7.80. The van der Waals surface area contributed by atoms with Gasteiger partial charge in [0, 0.05) is 36.7 Å². The van der Waals surface area contributed by atoms with Crippen LogP contribution >= 0.6 is 11.3 Å². The summed E-state index contributed by atoms with van der Waals surface area (Å²) in [6.45, 7) is 3.52. The van der Waals surface area contributed by atoms with Crippen molar-refractivity contribution in [2.45, 2.75) is 13.1 Å². The molecule has 1 aliphatic rings. The average Bonchev–Trinajstić information content (AvgIpc) is 3.11. The van der Waals surface area contributed by atoms with Crippen molar-refractivity contribution in [2.75, 3.05) is 38.0 Å². The summed E-state index contributed by atoms with van der Waals surface area (Å²) in [5, 5.41) is 2.75. The van der Waals surface area contributed by atoms with Crippen molar-refractivity contribution in [3.05, 3.63) is 51.7 Å². The maximum atomic E-state index is 12.7. The van der Waals surface area contributed by atoms with Crippen molar-refractivity contribution in [3.63, 3.8) is 0 Å². The van der Waals surface area contributed by atoms with Crippen LogP contribution in [-0.2, 0) is 11.0 Å². The summed E-state index contributed by atoms with van der Waals surface area (Å²) in [6, 6.07) is 8.45. The van der Waals surface area contributed by atoms with E-state index in [0.717, 1.165) is 17.0 Å². The lowest BCUT2D eigenvalue weighted by atomic mass is 10.2. The number of amides is 2. The monoisotopic (exact) mass is 411 g/mol. The molecule has 0 radical (unpaired) electrons. The molecule has 3 rings (SSSR count). The highest BCUT2D eigenvalue weighted by Crippen LogP contribution is 2.30. The van der Waals surface area contributed by atoms with Crippen molar-refractivity contribution < 1.29 is 22.8 Å². The fourth-order valence-electron chi connectivity index (χ4n) is 2.96. The topological polar surface area (TPSA) is 52.7 Å². The average molecular weight is 411 g/mol. The number of nitrogens with one attached hydrogen (secondary N) is 1. The Kier molecular flexibility index (Phi) is 5.93. The molecule has 2 heterocycles. The molecule has 0 aliphatic carbocycles. The van der Waals surface area contributed by atoms with Crippen molar-refractivity contribution in [1.29, 1.82) is 0 Å². The van der Waals surface area contributed by atoms with E-state index in [-0.39, 0.29) is 24.0 Å². The van der Waals surface area contributed by atoms with E-state index in [1.165, 1.54) is 23.5 Å². The molecular formula is C19H20F3N3O2S. The van der Waals surface area contributed by atoms with Crippen LogP contribution < -0.4 is 5.32 Å². The number of thiophene rings is 1. The highest BCUT2D eigenvalue weighted by Gasteiger charge is 2.30. The van der Waals surface area contributed by atoms with Gasteiger partial charge >= 0.3 is 6.18 Å². The number of carbonyl (C=O) groups is 2. The predicted octanol–water partition coefficient (Wildman–Crippen LogP) is 3.47. The van der Waals surface area contributed by atoms with Crippen LogP contribution in [-0.4, -0.2) is 54.3 Å². The van der Waals surface area contributed by atoms with Gasteiger partial charge in [-0.05, 0) is 37.3 Å². The van der Waals surface area contributed by atoms with Gasteiger partial charge < -0.3 is 15.1 Å². The molecule has 1 saturated heterocycles. The molecule has 1 aromatic carbocycles. The third-order valence-electron chi connectivity index (χ3n) is 4.50. The number of piperazine rings is 1. The Balaban J connectivity index is 1.50.